The van der Waals surface area contributed by atoms with E-state index in [0.717, 1.165) is 37.7 Å². The molecule has 1 saturated heterocycles. The van der Waals surface area contributed by atoms with Crippen molar-refractivity contribution >= 4 is 23.4 Å². The monoisotopic (exact) mass is 448 g/mol. The fraction of sp³-hybridized carbons (Fsp3) is 0.667. The maximum atomic E-state index is 13.1. The predicted octanol–water partition coefficient (Wildman–Crippen LogP) is 3.10. The third kappa shape index (κ3) is 6.67. The van der Waals surface area contributed by atoms with E-state index in [1.165, 1.54) is 19.3 Å². The van der Waals surface area contributed by atoms with Gasteiger partial charge in [0.2, 0.25) is 11.8 Å². The lowest BCUT2D eigenvalue weighted by molar-refractivity contribution is -0.138. The van der Waals surface area contributed by atoms with Crippen molar-refractivity contribution in [3.63, 3.8) is 0 Å². The average Bonchev–Trinajstić information content (AvgIpc) is 3.25. The van der Waals surface area contributed by atoms with Crippen LogP contribution in [0.2, 0.25) is 5.02 Å². The number of nitrogens with two attached hydrogens (primary N) is 2. The standard InChI is InChI=1S/C24H37ClN4O2/c25-19-11-9-18(10-12-19)16-22(27)24(31)28-15-13-21(17-28)29(20-6-2-1-3-7-20)23(30)8-4-5-14-26/h9-12,20-22H,1-8,13-17,26-27H2. The third-order valence-electron chi connectivity index (χ3n) is 6.66. The molecule has 1 saturated carbocycles. The van der Waals surface area contributed by atoms with Crippen LogP contribution in [0, 0.1) is 0 Å². The van der Waals surface area contributed by atoms with Crippen LogP contribution in [0.1, 0.15) is 63.4 Å². The molecular formula is C24H37ClN4O2. The maximum absolute atomic E-state index is 13.1. The molecule has 2 fully saturated rings. The van der Waals surface area contributed by atoms with E-state index in [9.17, 15) is 9.59 Å². The smallest absolute Gasteiger partial charge is 0.239 e. The van der Waals surface area contributed by atoms with Crippen molar-refractivity contribution in [1.29, 1.82) is 0 Å². The minimum absolute atomic E-state index is 0.0309. The largest absolute Gasteiger partial charge is 0.339 e. The molecule has 172 valence electrons. The molecule has 7 heteroatoms. The first-order valence-electron chi connectivity index (χ1n) is 11.8. The van der Waals surface area contributed by atoms with Gasteiger partial charge in [0, 0.05) is 30.6 Å². The van der Waals surface area contributed by atoms with Crippen molar-refractivity contribution in [3.8, 4) is 0 Å². The molecule has 0 radical (unpaired) electrons. The molecule has 1 aliphatic heterocycles. The number of likely N-dealkylation sites (tertiary alicyclic amines) is 1. The number of hydrogen-bond donors (Lipinski definition) is 2. The highest BCUT2D eigenvalue weighted by Crippen LogP contribution is 2.29. The highest BCUT2D eigenvalue weighted by Gasteiger charge is 2.37. The Bertz CT molecular complexity index is 721. The van der Waals surface area contributed by atoms with Crippen LogP contribution in [0.3, 0.4) is 0 Å². The van der Waals surface area contributed by atoms with Gasteiger partial charge in [-0.3, -0.25) is 9.59 Å². The second kappa shape index (κ2) is 11.8. The van der Waals surface area contributed by atoms with Crippen LogP contribution in [0.15, 0.2) is 24.3 Å². The summed E-state index contributed by atoms with van der Waals surface area (Å²) in [5.41, 5.74) is 12.9. The van der Waals surface area contributed by atoms with Crippen LogP contribution in [0.5, 0.6) is 0 Å². The van der Waals surface area contributed by atoms with E-state index >= 15 is 0 Å². The fourth-order valence-corrected chi connectivity index (χ4v) is 5.11. The van der Waals surface area contributed by atoms with E-state index in [2.05, 4.69) is 4.90 Å². The molecule has 2 unspecified atom stereocenters. The van der Waals surface area contributed by atoms with E-state index in [-0.39, 0.29) is 17.9 Å². The van der Waals surface area contributed by atoms with Gasteiger partial charge >= 0.3 is 0 Å². The molecule has 2 amide bonds. The normalized spacial score (nSPS) is 20.6. The maximum Gasteiger partial charge on any atom is 0.239 e. The minimum Gasteiger partial charge on any atom is -0.339 e. The lowest BCUT2D eigenvalue weighted by atomic mass is 9.92. The van der Waals surface area contributed by atoms with Gasteiger partial charge in [-0.25, -0.2) is 0 Å². The van der Waals surface area contributed by atoms with Gasteiger partial charge in [-0.1, -0.05) is 43.0 Å². The SMILES string of the molecule is NCCCCC(=O)N(C1CCCCC1)C1CCN(C(=O)C(N)Cc2ccc(Cl)cc2)C1. The van der Waals surface area contributed by atoms with Crippen LogP contribution in [-0.4, -0.2) is 59.4 Å². The van der Waals surface area contributed by atoms with Crippen molar-refractivity contribution in [2.45, 2.75) is 82.3 Å². The molecule has 6 nitrogen and oxygen atoms in total. The summed E-state index contributed by atoms with van der Waals surface area (Å²) in [6.07, 6.45) is 9.33. The Morgan fingerprint density at radius 1 is 1.06 bits per heavy atom. The summed E-state index contributed by atoms with van der Waals surface area (Å²) < 4.78 is 0. The summed E-state index contributed by atoms with van der Waals surface area (Å²) >= 11 is 5.94. The zero-order chi connectivity index (χ0) is 22.2. The highest BCUT2D eigenvalue weighted by atomic mass is 35.5. The Hall–Kier alpha value is -1.63. The molecule has 1 heterocycles. The van der Waals surface area contributed by atoms with Gasteiger partial charge in [0.05, 0.1) is 12.1 Å². The minimum atomic E-state index is -0.580. The molecule has 3 rings (SSSR count). The molecule has 1 aromatic carbocycles. The lowest BCUT2D eigenvalue weighted by Gasteiger charge is -2.39. The molecule has 0 bridgehead atoms. The average molecular weight is 449 g/mol. The van der Waals surface area contributed by atoms with Crippen molar-refractivity contribution < 1.29 is 9.59 Å². The zero-order valence-electron chi connectivity index (χ0n) is 18.5. The number of unbranched alkanes of at least 4 members (excludes halogenated alkanes) is 1. The van der Waals surface area contributed by atoms with E-state index < -0.39 is 6.04 Å². The van der Waals surface area contributed by atoms with E-state index in [1.54, 1.807) is 0 Å². The van der Waals surface area contributed by atoms with Gasteiger partial charge < -0.3 is 21.3 Å². The molecule has 1 aliphatic carbocycles. The van der Waals surface area contributed by atoms with Crippen LogP contribution < -0.4 is 11.5 Å². The van der Waals surface area contributed by atoms with Crippen LogP contribution >= 0.6 is 11.6 Å². The first-order valence-corrected chi connectivity index (χ1v) is 12.2. The number of carbonyl (C=O) groups is 2. The highest BCUT2D eigenvalue weighted by molar-refractivity contribution is 6.30. The summed E-state index contributed by atoms with van der Waals surface area (Å²) in [5.74, 6) is 0.196. The van der Waals surface area contributed by atoms with E-state index in [1.807, 2.05) is 29.2 Å². The molecule has 31 heavy (non-hydrogen) atoms. The van der Waals surface area contributed by atoms with Crippen molar-refractivity contribution in [1.82, 2.24) is 9.80 Å². The topological polar surface area (TPSA) is 92.7 Å². The molecular weight excluding hydrogens is 412 g/mol. The Morgan fingerprint density at radius 3 is 2.45 bits per heavy atom. The summed E-state index contributed by atoms with van der Waals surface area (Å²) in [4.78, 5) is 30.1. The Balaban J connectivity index is 1.61. The predicted molar refractivity (Wildman–Crippen MR) is 125 cm³/mol. The first kappa shape index (κ1) is 24.0. The number of hydrogen-bond acceptors (Lipinski definition) is 4. The van der Waals surface area contributed by atoms with Gasteiger partial charge in [0.15, 0.2) is 0 Å². The second-order valence-corrected chi connectivity index (χ2v) is 9.44. The Labute approximate surface area is 191 Å². The number of rotatable bonds is 9. The number of benzene rings is 1. The Kier molecular flexibility index (Phi) is 9.17. The molecule has 0 spiro atoms. The number of amides is 2. The van der Waals surface area contributed by atoms with Gasteiger partial charge in [0.25, 0.3) is 0 Å². The molecule has 2 aliphatic rings. The van der Waals surface area contributed by atoms with E-state index in [4.69, 9.17) is 23.1 Å². The fourth-order valence-electron chi connectivity index (χ4n) is 4.98. The number of halogens is 1. The van der Waals surface area contributed by atoms with Gasteiger partial charge in [-0.15, -0.1) is 0 Å². The molecule has 1 aromatic rings. The zero-order valence-corrected chi connectivity index (χ0v) is 19.2. The summed E-state index contributed by atoms with van der Waals surface area (Å²) in [6, 6.07) is 7.28. The van der Waals surface area contributed by atoms with Crippen LogP contribution in [0.25, 0.3) is 0 Å². The lowest BCUT2D eigenvalue weighted by Crippen LogP contribution is -2.50. The van der Waals surface area contributed by atoms with Crippen molar-refractivity contribution in [2.24, 2.45) is 11.5 Å². The van der Waals surface area contributed by atoms with Gasteiger partial charge in [-0.2, -0.15) is 0 Å². The molecule has 0 aromatic heterocycles. The number of nitrogens with zero attached hydrogens (tertiary/aromatic N) is 2. The third-order valence-corrected chi connectivity index (χ3v) is 6.91. The summed E-state index contributed by atoms with van der Waals surface area (Å²) in [7, 11) is 0. The summed E-state index contributed by atoms with van der Waals surface area (Å²) in [5, 5.41) is 0.671. The molecule has 4 N–H and O–H groups in total. The van der Waals surface area contributed by atoms with Gasteiger partial charge in [-0.05, 0) is 62.8 Å². The second-order valence-electron chi connectivity index (χ2n) is 9.00. The quantitative estimate of drug-likeness (QED) is 0.567. The summed E-state index contributed by atoms with van der Waals surface area (Å²) in [6.45, 7) is 1.87. The van der Waals surface area contributed by atoms with Crippen molar-refractivity contribution in [3.05, 3.63) is 34.9 Å². The van der Waals surface area contributed by atoms with Crippen LogP contribution in [0.4, 0.5) is 0 Å². The molecule has 2 atom stereocenters. The van der Waals surface area contributed by atoms with Crippen molar-refractivity contribution in [2.75, 3.05) is 19.6 Å². The number of carbonyl (C=O) groups excluding carboxylic acids is 2. The van der Waals surface area contributed by atoms with Crippen LogP contribution in [-0.2, 0) is 16.0 Å². The van der Waals surface area contributed by atoms with Gasteiger partial charge in [0.1, 0.15) is 0 Å². The van der Waals surface area contributed by atoms with E-state index in [0.29, 0.717) is 43.5 Å². The Morgan fingerprint density at radius 2 is 1.77 bits per heavy atom. The first-order chi connectivity index (χ1) is 15.0.